The quantitative estimate of drug-likeness (QED) is 0.839. The lowest BCUT2D eigenvalue weighted by Gasteiger charge is -2.22. The number of fused-ring (bicyclic) bond motifs is 1. The van der Waals surface area contributed by atoms with E-state index in [2.05, 4.69) is 28.0 Å². The zero-order chi connectivity index (χ0) is 17.2. The third kappa shape index (κ3) is 3.86. The molecule has 2 fully saturated rings. The van der Waals surface area contributed by atoms with Crippen molar-refractivity contribution >= 4 is 5.78 Å². The minimum absolute atomic E-state index is 0.148. The number of phenolic OH excluding ortho intramolecular Hbond substituents is 1. The molecule has 132 valence electrons. The van der Waals surface area contributed by atoms with E-state index in [1.165, 1.54) is 18.4 Å². The Hall–Kier alpha value is -1.91. The Balaban J connectivity index is 1.27. The molecule has 0 radical (unpaired) electrons. The van der Waals surface area contributed by atoms with Crippen LogP contribution in [0.15, 0.2) is 48.1 Å². The lowest BCUT2D eigenvalue weighted by Crippen LogP contribution is -2.33. The van der Waals surface area contributed by atoms with Crippen molar-refractivity contribution < 1.29 is 9.90 Å². The normalized spacial score (nSPS) is 26.6. The highest BCUT2D eigenvalue weighted by atomic mass is 16.3. The molecule has 0 unspecified atom stereocenters. The number of likely N-dealkylation sites (tertiary alicyclic amines) is 2. The number of hydrogen-bond acceptors (Lipinski definition) is 4. The fourth-order valence-corrected chi connectivity index (χ4v) is 4.43. The molecule has 4 nitrogen and oxygen atoms in total. The van der Waals surface area contributed by atoms with Gasteiger partial charge in [0.1, 0.15) is 5.75 Å². The third-order valence-corrected chi connectivity index (χ3v) is 5.67. The summed E-state index contributed by atoms with van der Waals surface area (Å²) in [7, 11) is 0. The van der Waals surface area contributed by atoms with Crippen LogP contribution in [0.25, 0.3) is 0 Å². The first-order valence-electron chi connectivity index (χ1n) is 9.30. The van der Waals surface area contributed by atoms with E-state index in [1.807, 2.05) is 0 Å². The van der Waals surface area contributed by atoms with Gasteiger partial charge < -0.3 is 5.11 Å². The molecule has 4 rings (SSSR count). The molecule has 0 saturated carbocycles. The second-order valence-corrected chi connectivity index (χ2v) is 7.64. The van der Waals surface area contributed by atoms with Crippen LogP contribution in [0, 0.1) is 11.8 Å². The van der Waals surface area contributed by atoms with Gasteiger partial charge in [-0.05, 0) is 54.5 Å². The fraction of sp³-hybridized carbons (Fsp3) is 0.476. The molecular weight excluding hydrogens is 312 g/mol. The van der Waals surface area contributed by atoms with Crippen molar-refractivity contribution in [3.05, 3.63) is 53.6 Å². The number of carbonyl (C=O) groups excluding carboxylic acids is 1. The fourth-order valence-electron chi connectivity index (χ4n) is 4.43. The second-order valence-electron chi connectivity index (χ2n) is 7.64. The van der Waals surface area contributed by atoms with E-state index in [0.29, 0.717) is 23.9 Å². The molecular formula is C21H26N2O2. The van der Waals surface area contributed by atoms with Gasteiger partial charge in [0.05, 0.1) is 6.54 Å². The monoisotopic (exact) mass is 338 g/mol. The zero-order valence-electron chi connectivity index (χ0n) is 14.6. The minimum atomic E-state index is 0.148. The molecule has 1 aromatic rings. The molecule has 1 aromatic carbocycles. The van der Waals surface area contributed by atoms with Gasteiger partial charge in [-0.15, -0.1) is 0 Å². The molecule has 2 atom stereocenters. The van der Waals surface area contributed by atoms with Gasteiger partial charge in [0.15, 0.2) is 5.78 Å². The van der Waals surface area contributed by atoms with E-state index in [9.17, 15) is 9.90 Å². The van der Waals surface area contributed by atoms with Gasteiger partial charge in [0.25, 0.3) is 0 Å². The smallest absolute Gasteiger partial charge is 0.176 e. The number of Topliss-reactive ketones (excluding diaryl/α,β-unsaturated/α-hetero) is 1. The van der Waals surface area contributed by atoms with Crippen LogP contribution in [-0.2, 0) is 0 Å². The van der Waals surface area contributed by atoms with E-state index in [4.69, 9.17) is 0 Å². The number of aromatic hydroxyl groups is 1. The van der Waals surface area contributed by atoms with Gasteiger partial charge >= 0.3 is 0 Å². The van der Waals surface area contributed by atoms with Gasteiger partial charge in [-0.25, -0.2) is 0 Å². The summed E-state index contributed by atoms with van der Waals surface area (Å²) in [6, 6.07) is 6.58. The minimum Gasteiger partial charge on any atom is -0.508 e. The van der Waals surface area contributed by atoms with Crippen LogP contribution in [0.5, 0.6) is 5.75 Å². The number of carbonyl (C=O) groups is 1. The number of nitrogens with zero attached hydrogens (tertiary/aromatic N) is 2. The van der Waals surface area contributed by atoms with Crippen LogP contribution in [0.1, 0.15) is 23.2 Å². The zero-order valence-corrected chi connectivity index (χ0v) is 14.6. The Morgan fingerprint density at radius 2 is 1.68 bits per heavy atom. The van der Waals surface area contributed by atoms with Crippen molar-refractivity contribution in [2.75, 3.05) is 39.3 Å². The maximum atomic E-state index is 12.4. The Labute approximate surface area is 149 Å². The van der Waals surface area contributed by atoms with E-state index in [-0.39, 0.29) is 11.5 Å². The van der Waals surface area contributed by atoms with Crippen molar-refractivity contribution in [2.45, 2.75) is 12.8 Å². The number of rotatable bonds is 5. The maximum absolute atomic E-state index is 12.4. The number of hydrogen-bond donors (Lipinski definition) is 1. The van der Waals surface area contributed by atoms with Crippen LogP contribution in [0.4, 0.5) is 0 Å². The van der Waals surface area contributed by atoms with Crippen LogP contribution in [-0.4, -0.2) is 60.0 Å². The molecule has 2 aliphatic heterocycles. The molecule has 2 saturated heterocycles. The summed E-state index contributed by atoms with van der Waals surface area (Å²) in [5.74, 6) is 1.74. The molecule has 3 aliphatic rings. The molecule has 25 heavy (non-hydrogen) atoms. The van der Waals surface area contributed by atoms with Gasteiger partial charge in [-0.1, -0.05) is 18.2 Å². The van der Waals surface area contributed by atoms with E-state index in [0.717, 1.165) is 32.7 Å². The first-order valence-corrected chi connectivity index (χ1v) is 9.30. The van der Waals surface area contributed by atoms with E-state index >= 15 is 0 Å². The van der Waals surface area contributed by atoms with Crippen molar-refractivity contribution in [3.8, 4) is 5.75 Å². The predicted octanol–water partition coefficient (Wildman–Crippen LogP) is 2.71. The molecule has 1 aliphatic carbocycles. The predicted molar refractivity (Wildman–Crippen MR) is 98.8 cm³/mol. The van der Waals surface area contributed by atoms with Gasteiger partial charge in [0.2, 0.25) is 0 Å². The summed E-state index contributed by atoms with van der Waals surface area (Å²) in [5.41, 5.74) is 2.15. The second kappa shape index (κ2) is 7.14. The van der Waals surface area contributed by atoms with Crippen molar-refractivity contribution in [1.82, 2.24) is 9.80 Å². The molecule has 0 amide bonds. The van der Waals surface area contributed by atoms with E-state index in [1.54, 1.807) is 24.3 Å². The van der Waals surface area contributed by atoms with Gasteiger partial charge in [-0.3, -0.25) is 14.6 Å². The summed E-state index contributed by atoms with van der Waals surface area (Å²) in [5, 5.41) is 9.34. The van der Waals surface area contributed by atoms with Crippen molar-refractivity contribution in [3.63, 3.8) is 0 Å². The van der Waals surface area contributed by atoms with Crippen molar-refractivity contribution in [2.24, 2.45) is 11.8 Å². The summed E-state index contributed by atoms with van der Waals surface area (Å²) >= 11 is 0. The summed E-state index contributed by atoms with van der Waals surface area (Å²) < 4.78 is 0. The lowest BCUT2D eigenvalue weighted by atomic mass is 10.0. The first kappa shape index (κ1) is 16.6. The summed E-state index contributed by atoms with van der Waals surface area (Å²) in [6.45, 7) is 5.93. The van der Waals surface area contributed by atoms with Gasteiger partial charge in [0, 0.05) is 38.3 Å². The van der Waals surface area contributed by atoms with E-state index < -0.39 is 0 Å². The lowest BCUT2D eigenvalue weighted by molar-refractivity contribution is 0.0938. The molecule has 0 bridgehead atoms. The number of allylic oxidation sites excluding steroid dienone is 2. The average Bonchev–Trinajstić information content (AvgIpc) is 3.14. The Kier molecular flexibility index (Phi) is 4.73. The molecule has 1 N–H and O–H groups in total. The SMILES string of the molecule is O=C(CN1C[C@@H]2CN(CC3=CCCC=C3)C[C@@H]2C1)c1ccc(O)cc1. The van der Waals surface area contributed by atoms with Crippen LogP contribution < -0.4 is 0 Å². The summed E-state index contributed by atoms with van der Waals surface area (Å²) in [6.07, 6.45) is 9.29. The number of benzene rings is 1. The molecule has 0 aromatic heterocycles. The molecule has 4 heteroatoms. The Morgan fingerprint density at radius 3 is 2.32 bits per heavy atom. The van der Waals surface area contributed by atoms with Gasteiger partial charge in [-0.2, -0.15) is 0 Å². The van der Waals surface area contributed by atoms with Crippen LogP contribution in [0.2, 0.25) is 0 Å². The maximum Gasteiger partial charge on any atom is 0.176 e. The summed E-state index contributed by atoms with van der Waals surface area (Å²) in [4.78, 5) is 17.3. The largest absolute Gasteiger partial charge is 0.508 e. The molecule has 2 heterocycles. The topological polar surface area (TPSA) is 43.8 Å². The Morgan fingerprint density at radius 1 is 1.00 bits per heavy atom. The van der Waals surface area contributed by atoms with Crippen LogP contribution >= 0.6 is 0 Å². The first-order chi connectivity index (χ1) is 12.2. The molecule has 0 spiro atoms. The number of ketones is 1. The van der Waals surface area contributed by atoms with Crippen LogP contribution in [0.3, 0.4) is 0 Å². The number of phenols is 1. The Bertz CT molecular complexity index is 678. The van der Waals surface area contributed by atoms with Crippen molar-refractivity contribution in [1.29, 1.82) is 0 Å². The third-order valence-electron chi connectivity index (χ3n) is 5.67. The highest BCUT2D eigenvalue weighted by molar-refractivity contribution is 5.97. The standard InChI is InChI=1S/C21H26N2O2/c24-20-8-6-17(7-9-20)21(25)15-23-13-18-11-22(12-19(18)14-23)10-16-4-2-1-3-5-16/h2,4-9,18-19,24H,1,3,10-15H2/t18-,19+. The average molecular weight is 338 g/mol. The highest BCUT2D eigenvalue weighted by Crippen LogP contribution is 2.31. The highest BCUT2D eigenvalue weighted by Gasteiger charge is 2.40.